The lowest BCUT2D eigenvalue weighted by Crippen LogP contribution is -2.21. The average molecular weight is 383 g/mol. The number of amides is 1. The van der Waals surface area contributed by atoms with Crippen LogP contribution in [-0.4, -0.2) is 18.5 Å². The number of esters is 1. The van der Waals surface area contributed by atoms with Gasteiger partial charge in [0.05, 0.1) is 11.3 Å². The average Bonchev–Trinajstić information content (AvgIpc) is 2.69. The molecule has 0 atom stereocenters. The molecule has 0 aliphatic heterocycles. The summed E-state index contributed by atoms with van der Waals surface area (Å²) in [5, 5.41) is 2.21. The Kier molecular flexibility index (Phi) is 5.96. The molecular formula is C21H15F2NO4. The molecule has 0 unspecified atom stereocenters. The molecule has 0 aliphatic carbocycles. The van der Waals surface area contributed by atoms with E-state index in [1.807, 2.05) is 18.2 Å². The summed E-state index contributed by atoms with van der Waals surface area (Å²) < 4.78 is 37.0. The predicted octanol–water partition coefficient (Wildman–Crippen LogP) is 4.55. The monoisotopic (exact) mass is 383 g/mol. The number of nitrogens with one attached hydrogen (secondary N) is 1. The highest BCUT2D eigenvalue weighted by Gasteiger charge is 2.13. The maximum Gasteiger partial charge on any atom is 0.338 e. The first kappa shape index (κ1) is 19.0. The Labute approximate surface area is 159 Å². The van der Waals surface area contributed by atoms with E-state index in [9.17, 15) is 18.4 Å². The van der Waals surface area contributed by atoms with E-state index >= 15 is 0 Å². The Morgan fingerprint density at radius 3 is 2.36 bits per heavy atom. The fourth-order valence-corrected chi connectivity index (χ4v) is 2.30. The molecule has 7 heteroatoms. The number of carbonyl (C=O) groups is 2. The number of hydrogen-bond acceptors (Lipinski definition) is 4. The standard InChI is InChI=1S/C21H15F2NO4/c22-15-9-10-19(18(23)12-15)24-20(25)13-27-21(26)14-5-4-8-17(11-14)28-16-6-2-1-3-7-16/h1-12H,13H2,(H,24,25). The second-order valence-electron chi connectivity index (χ2n) is 5.69. The van der Waals surface area contributed by atoms with Crippen LogP contribution < -0.4 is 10.1 Å². The van der Waals surface area contributed by atoms with Crippen molar-refractivity contribution in [3.05, 3.63) is 90.0 Å². The molecule has 0 aromatic heterocycles. The molecule has 0 fully saturated rings. The molecule has 0 radical (unpaired) electrons. The predicted molar refractivity (Wildman–Crippen MR) is 98.2 cm³/mol. The van der Waals surface area contributed by atoms with Crippen molar-refractivity contribution in [1.29, 1.82) is 0 Å². The minimum atomic E-state index is -0.926. The minimum absolute atomic E-state index is 0.189. The molecule has 1 N–H and O–H groups in total. The third kappa shape index (κ3) is 5.14. The zero-order valence-corrected chi connectivity index (χ0v) is 14.5. The van der Waals surface area contributed by atoms with Crippen molar-refractivity contribution in [3.63, 3.8) is 0 Å². The van der Waals surface area contributed by atoms with Crippen molar-refractivity contribution in [2.75, 3.05) is 11.9 Å². The second kappa shape index (κ2) is 8.77. The molecule has 142 valence electrons. The van der Waals surface area contributed by atoms with Crippen molar-refractivity contribution in [1.82, 2.24) is 0 Å². The van der Waals surface area contributed by atoms with Crippen LogP contribution >= 0.6 is 0 Å². The van der Waals surface area contributed by atoms with Gasteiger partial charge >= 0.3 is 5.97 Å². The zero-order chi connectivity index (χ0) is 19.9. The first-order valence-electron chi connectivity index (χ1n) is 8.26. The van der Waals surface area contributed by atoms with Crippen LogP contribution in [0.4, 0.5) is 14.5 Å². The van der Waals surface area contributed by atoms with Gasteiger partial charge in [0.2, 0.25) is 0 Å². The van der Waals surface area contributed by atoms with Crippen molar-refractivity contribution in [2.24, 2.45) is 0 Å². The van der Waals surface area contributed by atoms with E-state index in [0.717, 1.165) is 12.1 Å². The van der Waals surface area contributed by atoms with Crippen molar-refractivity contribution in [3.8, 4) is 11.5 Å². The maximum atomic E-state index is 13.5. The summed E-state index contributed by atoms with van der Waals surface area (Å²) in [5.41, 5.74) is -0.0186. The van der Waals surface area contributed by atoms with Gasteiger partial charge in [0.25, 0.3) is 5.91 Å². The fraction of sp³-hybridized carbons (Fsp3) is 0.0476. The molecule has 3 rings (SSSR count). The van der Waals surface area contributed by atoms with Crippen LogP contribution in [0.15, 0.2) is 72.8 Å². The van der Waals surface area contributed by atoms with E-state index in [1.54, 1.807) is 24.3 Å². The fourth-order valence-electron chi connectivity index (χ4n) is 2.30. The van der Waals surface area contributed by atoms with Gasteiger partial charge in [0.1, 0.15) is 23.1 Å². The third-order valence-electron chi connectivity index (χ3n) is 3.59. The molecule has 28 heavy (non-hydrogen) atoms. The Morgan fingerprint density at radius 2 is 1.61 bits per heavy atom. The lowest BCUT2D eigenvalue weighted by molar-refractivity contribution is -0.119. The SMILES string of the molecule is O=C(COC(=O)c1cccc(Oc2ccccc2)c1)Nc1ccc(F)cc1F. The highest BCUT2D eigenvalue weighted by molar-refractivity contribution is 5.95. The van der Waals surface area contributed by atoms with Crippen LogP contribution in [0.1, 0.15) is 10.4 Å². The number of rotatable bonds is 6. The molecule has 0 saturated heterocycles. The third-order valence-corrected chi connectivity index (χ3v) is 3.59. The van der Waals surface area contributed by atoms with Crippen molar-refractivity contribution in [2.45, 2.75) is 0 Å². The molecule has 5 nitrogen and oxygen atoms in total. The van der Waals surface area contributed by atoms with Gasteiger partial charge in [0.15, 0.2) is 6.61 Å². The van der Waals surface area contributed by atoms with Gasteiger partial charge in [0, 0.05) is 6.07 Å². The van der Waals surface area contributed by atoms with E-state index in [1.165, 1.54) is 12.1 Å². The number of ether oxygens (including phenoxy) is 2. The van der Waals surface area contributed by atoms with Crippen LogP contribution in [0.2, 0.25) is 0 Å². The summed E-state index contributed by atoms with van der Waals surface area (Å²) in [7, 11) is 0. The Hall–Kier alpha value is -3.74. The molecule has 0 heterocycles. The van der Waals surface area contributed by atoms with E-state index in [4.69, 9.17) is 9.47 Å². The zero-order valence-electron chi connectivity index (χ0n) is 14.5. The number of benzene rings is 3. The number of anilines is 1. The summed E-state index contributed by atoms with van der Waals surface area (Å²) in [6, 6.07) is 18.0. The Bertz CT molecular complexity index is 993. The number of carbonyl (C=O) groups excluding carboxylic acids is 2. The summed E-state index contributed by atoms with van der Waals surface area (Å²) in [6.45, 7) is -0.626. The molecule has 0 spiro atoms. The smallest absolute Gasteiger partial charge is 0.338 e. The lowest BCUT2D eigenvalue weighted by atomic mass is 10.2. The molecule has 1 amide bonds. The Balaban J connectivity index is 1.57. The van der Waals surface area contributed by atoms with Gasteiger partial charge in [-0.25, -0.2) is 13.6 Å². The first-order chi connectivity index (χ1) is 13.5. The van der Waals surface area contributed by atoms with Gasteiger partial charge in [-0.05, 0) is 42.5 Å². The van der Waals surface area contributed by atoms with Crippen LogP contribution in [0.3, 0.4) is 0 Å². The Morgan fingerprint density at radius 1 is 0.857 bits per heavy atom. The molecular weight excluding hydrogens is 368 g/mol. The van der Waals surface area contributed by atoms with Crippen molar-refractivity contribution >= 4 is 17.6 Å². The van der Waals surface area contributed by atoms with Gasteiger partial charge < -0.3 is 14.8 Å². The molecule has 0 aliphatic rings. The summed E-state index contributed by atoms with van der Waals surface area (Å²) in [5.74, 6) is -2.15. The van der Waals surface area contributed by atoms with E-state index < -0.39 is 30.1 Å². The van der Waals surface area contributed by atoms with E-state index in [-0.39, 0.29) is 11.3 Å². The number of halogens is 2. The van der Waals surface area contributed by atoms with Gasteiger partial charge in [-0.15, -0.1) is 0 Å². The van der Waals surface area contributed by atoms with Gasteiger partial charge in [-0.3, -0.25) is 4.79 Å². The van der Waals surface area contributed by atoms with Crippen LogP contribution in [-0.2, 0) is 9.53 Å². The lowest BCUT2D eigenvalue weighted by Gasteiger charge is -2.09. The number of hydrogen-bond donors (Lipinski definition) is 1. The minimum Gasteiger partial charge on any atom is -0.457 e. The highest BCUT2D eigenvalue weighted by atomic mass is 19.1. The van der Waals surface area contributed by atoms with E-state index in [2.05, 4.69) is 5.32 Å². The first-order valence-corrected chi connectivity index (χ1v) is 8.26. The molecule has 3 aromatic rings. The second-order valence-corrected chi connectivity index (χ2v) is 5.69. The normalized spacial score (nSPS) is 10.2. The van der Waals surface area contributed by atoms with E-state index in [0.29, 0.717) is 17.6 Å². The largest absolute Gasteiger partial charge is 0.457 e. The van der Waals surface area contributed by atoms with Crippen molar-refractivity contribution < 1.29 is 27.8 Å². The molecule has 3 aromatic carbocycles. The molecule has 0 bridgehead atoms. The molecule has 0 saturated carbocycles. The topological polar surface area (TPSA) is 64.6 Å². The maximum absolute atomic E-state index is 13.5. The summed E-state index contributed by atoms with van der Waals surface area (Å²) in [6.07, 6.45) is 0. The summed E-state index contributed by atoms with van der Waals surface area (Å²) in [4.78, 5) is 24.0. The van der Waals surface area contributed by atoms with Gasteiger partial charge in [-0.2, -0.15) is 0 Å². The van der Waals surface area contributed by atoms with Crippen LogP contribution in [0.5, 0.6) is 11.5 Å². The van der Waals surface area contributed by atoms with Gasteiger partial charge in [-0.1, -0.05) is 24.3 Å². The number of para-hydroxylation sites is 1. The van der Waals surface area contributed by atoms with Crippen LogP contribution in [0, 0.1) is 11.6 Å². The highest BCUT2D eigenvalue weighted by Crippen LogP contribution is 2.22. The summed E-state index contributed by atoms with van der Waals surface area (Å²) >= 11 is 0. The quantitative estimate of drug-likeness (QED) is 0.634. The van der Waals surface area contributed by atoms with Crippen LogP contribution in [0.25, 0.3) is 0 Å².